The first-order valence-corrected chi connectivity index (χ1v) is 8.36. The standard InChI is InChI=1S/C18H23N3O2/c1-13-7-6-8-14(2)20(13)18(23)16-11-12-17(22)21(19-16)15-9-4-3-5-10-15/h3-5,9-10,13-14H,6-8,11-12H2,1-2H3/t13-,14-/m1/s1. The van der Waals surface area contributed by atoms with E-state index in [0.717, 1.165) is 19.3 Å². The molecule has 2 aliphatic heterocycles. The third kappa shape index (κ3) is 3.14. The maximum Gasteiger partial charge on any atom is 0.270 e. The Morgan fingerprint density at radius 2 is 1.74 bits per heavy atom. The quantitative estimate of drug-likeness (QED) is 0.843. The van der Waals surface area contributed by atoms with E-state index in [1.54, 1.807) is 0 Å². The second-order valence-electron chi connectivity index (χ2n) is 6.43. The van der Waals surface area contributed by atoms with Crippen LogP contribution in [0, 0.1) is 0 Å². The Morgan fingerprint density at radius 1 is 1.09 bits per heavy atom. The number of carbonyl (C=O) groups excluding carboxylic acids is 2. The van der Waals surface area contributed by atoms with Gasteiger partial charge >= 0.3 is 0 Å². The largest absolute Gasteiger partial charge is 0.332 e. The van der Waals surface area contributed by atoms with E-state index in [4.69, 9.17) is 0 Å². The summed E-state index contributed by atoms with van der Waals surface area (Å²) in [6, 6.07) is 9.76. The summed E-state index contributed by atoms with van der Waals surface area (Å²) in [5, 5.41) is 5.76. The van der Waals surface area contributed by atoms with Crippen LogP contribution in [0.5, 0.6) is 0 Å². The SMILES string of the molecule is C[C@@H]1CCC[C@@H](C)N1C(=O)C1=NN(c2ccccc2)C(=O)CC1. The number of anilines is 1. The van der Waals surface area contributed by atoms with E-state index in [9.17, 15) is 9.59 Å². The molecule has 2 atom stereocenters. The number of hydrogen-bond donors (Lipinski definition) is 0. The van der Waals surface area contributed by atoms with Gasteiger partial charge in [-0.3, -0.25) is 9.59 Å². The summed E-state index contributed by atoms with van der Waals surface area (Å²) in [6.45, 7) is 4.19. The molecule has 0 saturated carbocycles. The molecule has 0 bridgehead atoms. The van der Waals surface area contributed by atoms with Crippen molar-refractivity contribution in [3.63, 3.8) is 0 Å². The molecule has 0 unspecified atom stereocenters. The molecule has 0 aromatic heterocycles. The number of para-hydroxylation sites is 1. The minimum atomic E-state index is -0.0625. The Balaban J connectivity index is 1.86. The van der Waals surface area contributed by atoms with Gasteiger partial charge in [-0.15, -0.1) is 0 Å². The first kappa shape index (κ1) is 15.7. The summed E-state index contributed by atoms with van der Waals surface area (Å²) < 4.78 is 0. The first-order valence-electron chi connectivity index (χ1n) is 8.36. The number of rotatable bonds is 2. The van der Waals surface area contributed by atoms with E-state index in [-0.39, 0.29) is 23.9 Å². The molecular weight excluding hydrogens is 290 g/mol. The summed E-state index contributed by atoms with van der Waals surface area (Å²) >= 11 is 0. The molecule has 2 heterocycles. The fourth-order valence-electron chi connectivity index (χ4n) is 3.45. The Labute approximate surface area is 137 Å². The molecule has 23 heavy (non-hydrogen) atoms. The third-order valence-electron chi connectivity index (χ3n) is 4.71. The van der Waals surface area contributed by atoms with Crippen LogP contribution in [-0.2, 0) is 9.59 Å². The highest BCUT2D eigenvalue weighted by atomic mass is 16.2. The minimum Gasteiger partial charge on any atom is -0.332 e. The number of hydrogen-bond acceptors (Lipinski definition) is 3. The lowest BCUT2D eigenvalue weighted by molar-refractivity contribution is -0.130. The van der Waals surface area contributed by atoms with Gasteiger partial charge in [0.1, 0.15) is 5.71 Å². The van der Waals surface area contributed by atoms with Crippen molar-refractivity contribution < 1.29 is 9.59 Å². The van der Waals surface area contributed by atoms with E-state index < -0.39 is 0 Å². The average Bonchev–Trinajstić information content (AvgIpc) is 2.56. The zero-order valence-electron chi connectivity index (χ0n) is 13.7. The Bertz CT molecular complexity index is 616. The van der Waals surface area contributed by atoms with Crippen LogP contribution in [0.2, 0.25) is 0 Å². The van der Waals surface area contributed by atoms with Crippen molar-refractivity contribution in [3.05, 3.63) is 30.3 Å². The van der Waals surface area contributed by atoms with E-state index >= 15 is 0 Å². The molecule has 5 nitrogen and oxygen atoms in total. The average molecular weight is 313 g/mol. The van der Waals surface area contributed by atoms with Crippen LogP contribution < -0.4 is 5.01 Å². The van der Waals surface area contributed by atoms with Gasteiger partial charge in [-0.25, -0.2) is 5.01 Å². The second-order valence-corrected chi connectivity index (χ2v) is 6.43. The molecule has 1 saturated heterocycles. The van der Waals surface area contributed by atoms with Gasteiger partial charge in [0, 0.05) is 24.9 Å². The van der Waals surface area contributed by atoms with Crippen molar-refractivity contribution in [1.29, 1.82) is 0 Å². The zero-order valence-corrected chi connectivity index (χ0v) is 13.7. The van der Waals surface area contributed by atoms with E-state index in [2.05, 4.69) is 18.9 Å². The van der Waals surface area contributed by atoms with Crippen molar-refractivity contribution >= 4 is 23.2 Å². The minimum absolute atomic E-state index is 0.0156. The Kier molecular flexibility index (Phi) is 4.46. The predicted octanol–water partition coefficient (Wildman–Crippen LogP) is 2.96. The topological polar surface area (TPSA) is 53.0 Å². The molecule has 5 heteroatoms. The highest BCUT2D eigenvalue weighted by Crippen LogP contribution is 2.25. The van der Waals surface area contributed by atoms with Crippen molar-refractivity contribution in [3.8, 4) is 0 Å². The number of piperidine rings is 1. The number of amides is 2. The van der Waals surface area contributed by atoms with E-state index in [0.29, 0.717) is 24.2 Å². The molecule has 0 N–H and O–H groups in total. The summed E-state index contributed by atoms with van der Waals surface area (Å²) in [5.74, 6) is -0.0781. The second kappa shape index (κ2) is 6.52. The molecule has 122 valence electrons. The lowest BCUT2D eigenvalue weighted by Crippen LogP contribution is -2.51. The Hall–Kier alpha value is -2.17. The number of carbonyl (C=O) groups is 2. The molecule has 1 aromatic carbocycles. The highest BCUT2D eigenvalue weighted by Gasteiger charge is 2.34. The lowest BCUT2D eigenvalue weighted by Gasteiger charge is -2.39. The van der Waals surface area contributed by atoms with E-state index in [1.165, 1.54) is 5.01 Å². The lowest BCUT2D eigenvalue weighted by atomic mass is 9.96. The molecule has 2 amide bonds. The first-order chi connectivity index (χ1) is 11.1. The Morgan fingerprint density at radius 3 is 2.39 bits per heavy atom. The summed E-state index contributed by atoms with van der Waals surface area (Å²) in [7, 11) is 0. The van der Waals surface area contributed by atoms with Gasteiger partial charge in [0.05, 0.1) is 5.69 Å². The van der Waals surface area contributed by atoms with Gasteiger partial charge < -0.3 is 4.90 Å². The molecule has 0 spiro atoms. The van der Waals surface area contributed by atoms with Crippen LogP contribution >= 0.6 is 0 Å². The smallest absolute Gasteiger partial charge is 0.270 e. The summed E-state index contributed by atoms with van der Waals surface area (Å²) in [4.78, 5) is 27.0. The molecule has 2 aliphatic rings. The van der Waals surface area contributed by atoms with Crippen LogP contribution in [0.25, 0.3) is 0 Å². The number of benzene rings is 1. The molecule has 0 aliphatic carbocycles. The molecular formula is C18H23N3O2. The van der Waals surface area contributed by atoms with Crippen molar-refractivity contribution in [1.82, 2.24) is 4.90 Å². The van der Waals surface area contributed by atoms with Crippen molar-refractivity contribution in [2.45, 2.75) is 58.0 Å². The van der Waals surface area contributed by atoms with Gasteiger partial charge in [-0.05, 0) is 45.2 Å². The van der Waals surface area contributed by atoms with Crippen molar-refractivity contribution in [2.75, 3.05) is 5.01 Å². The van der Waals surface area contributed by atoms with Gasteiger partial charge in [0.25, 0.3) is 5.91 Å². The van der Waals surface area contributed by atoms with Crippen LogP contribution in [-0.4, -0.2) is 34.5 Å². The maximum atomic E-state index is 12.9. The monoisotopic (exact) mass is 313 g/mol. The van der Waals surface area contributed by atoms with Gasteiger partial charge in [0.2, 0.25) is 5.91 Å². The van der Waals surface area contributed by atoms with Gasteiger partial charge in [0.15, 0.2) is 0 Å². The third-order valence-corrected chi connectivity index (χ3v) is 4.71. The fourth-order valence-corrected chi connectivity index (χ4v) is 3.45. The number of hydrazone groups is 1. The molecule has 0 radical (unpaired) electrons. The van der Waals surface area contributed by atoms with Crippen molar-refractivity contribution in [2.24, 2.45) is 5.10 Å². The molecule has 1 fully saturated rings. The molecule has 3 rings (SSSR count). The maximum absolute atomic E-state index is 12.9. The summed E-state index contributed by atoms with van der Waals surface area (Å²) in [5.41, 5.74) is 1.20. The van der Waals surface area contributed by atoms with Gasteiger partial charge in [-0.1, -0.05) is 18.2 Å². The van der Waals surface area contributed by atoms with E-state index in [1.807, 2.05) is 35.2 Å². The predicted molar refractivity (Wildman–Crippen MR) is 90.2 cm³/mol. The normalized spacial score (nSPS) is 25.3. The number of nitrogens with zero attached hydrogens (tertiary/aromatic N) is 3. The zero-order chi connectivity index (χ0) is 16.4. The van der Waals surface area contributed by atoms with Gasteiger partial charge in [-0.2, -0.15) is 5.10 Å². The van der Waals surface area contributed by atoms with Crippen LogP contribution in [0.1, 0.15) is 46.0 Å². The molecule has 1 aromatic rings. The number of likely N-dealkylation sites (tertiary alicyclic amines) is 1. The van der Waals surface area contributed by atoms with Crippen LogP contribution in [0.4, 0.5) is 5.69 Å². The van der Waals surface area contributed by atoms with Crippen LogP contribution in [0.15, 0.2) is 35.4 Å². The highest BCUT2D eigenvalue weighted by molar-refractivity contribution is 6.40. The van der Waals surface area contributed by atoms with Crippen LogP contribution in [0.3, 0.4) is 0 Å². The fraction of sp³-hybridized carbons (Fsp3) is 0.500. The summed E-state index contributed by atoms with van der Waals surface area (Å²) in [6.07, 6.45) is 3.98.